The number of carbonyl (C=O) groups is 1. The average Bonchev–Trinajstić information content (AvgIpc) is 2.11. The first kappa shape index (κ1) is 14.7. The van der Waals surface area contributed by atoms with E-state index in [1.807, 2.05) is 14.1 Å². The highest BCUT2D eigenvalue weighted by molar-refractivity contribution is 6.18. The highest BCUT2D eigenvalue weighted by Crippen LogP contribution is 2.08. The van der Waals surface area contributed by atoms with E-state index in [4.69, 9.17) is 11.6 Å². The summed E-state index contributed by atoms with van der Waals surface area (Å²) in [4.78, 5) is 13.4. The fraction of sp³-hybridized carbons (Fsp3) is 0.909. The van der Waals surface area contributed by atoms with Gasteiger partial charge in [-0.15, -0.1) is 11.6 Å². The van der Waals surface area contributed by atoms with Crippen molar-refractivity contribution < 1.29 is 4.79 Å². The molecule has 90 valence electrons. The molecule has 1 N–H and O–H groups in total. The van der Waals surface area contributed by atoms with Crippen molar-refractivity contribution in [1.29, 1.82) is 0 Å². The molecule has 0 radical (unpaired) electrons. The second-order valence-corrected chi connectivity index (χ2v) is 4.87. The van der Waals surface area contributed by atoms with Crippen LogP contribution in [0.15, 0.2) is 0 Å². The van der Waals surface area contributed by atoms with Gasteiger partial charge in [0.05, 0.1) is 0 Å². The zero-order valence-electron chi connectivity index (χ0n) is 10.2. The normalized spacial score (nSPS) is 13.3. The zero-order valence-corrected chi connectivity index (χ0v) is 11.0. The maximum absolute atomic E-state index is 11.2. The van der Waals surface area contributed by atoms with Crippen LogP contribution in [0.1, 0.15) is 26.7 Å². The molecule has 4 heteroatoms. The fourth-order valence-corrected chi connectivity index (χ4v) is 1.60. The monoisotopic (exact) mass is 234 g/mol. The van der Waals surface area contributed by atoms with Gasteiger partial charge in [0.2, 0.25) is 5.91 Å². The van der Waals surface area contributed by atoms with Crippen LogP contribution in [0.4, 0.5) is 0 Å². The van der Waals surface area contributed by atoms with E-state index in [0.29, 0.717) is 30.8 Å². The van der Waals surface area contributed by atoms with Crippen LogP contribution in [-0.4, -0.2) is 43.4 Å². The Morgan fingerprint density at radius 3 is 2.40 bits per heavy atom. The van der Waals surface area contributed by atoms with Crippen LogP contribution in [0, 0.1) is 5.92 Å². The summed E-state index contributed by atoms with van der Waals surface area (Å²) in [5.41, 5.74) is 0. The number of likely N-dealkylation sites (N-methyl/N-ethyl adjacent to an activating group) is 1. The Morgan fingerprint density at radius 2 is 2.00 bits per heavy atom. The molecule has 0 rings (SSSR count). The minimum atomic E-state index is 0.0422. The molecule has 1 atom stereocenters. The molecular weight excluding hydrogens is 212 g/mol. The quantitative estimate of drug-likeness (QED) is 0.681. The van der Waals surface area contributed by atoms with Crippen molar-refractivity contribution in [3.8, 4) is 0 Å². The highest BCUT2D eigenvalue weighted by Gasteiger charge is 2.13. The van der Waals surface area contributed by atoms with Gasteiger partial charge in [-0.2, -0.15) is 0 Å². The minimum absolute atomic E-state index is 0.0422. The highest BCUT2D eigenvalue weighted by atomic mass is 35.5. The first-order valence-corrected chi connectivity index (χ1v) is 6.00. The van der Waals surface area contributed by atoms with Gasteiger partial charge >= 0.3 is 0 Å². The molecule has 0 aliphatic carbocycles. The first-order valence-electron chi connectivity index (χ1n) is 5.46. The molecule has 0 saturated heterocycles. The number of amides is 1. The molecule has 0 fully saturated rings. The topological polar surface area (TPSA) is 32.3 Å². The number of rotatable bonds is 7. The lowest BCUT2D eigenvalue weighted by Gasteiger charge is -2.26. The molecule has 1 unspecified atom stereocenters. The Kier molecular flexibility index (Phi) is 7.79. The van der Waals surface area contributed by atoms with E-state index in [2.05, 4.69) is 24.1 Å². The lowest BCUT2D eigenvalue weighted by molar-refractivity contribution is -0.120. The van der Waals surface area contributed by atoms with Gasteiger partial charge in [0.1, 0.15) is 0 Å². The average molecular weight is 235 g/mol. The van der Waals surface area contributed by atoms with E-state index in [9.17, 15) is 4.79 Å². The summed E-state index contributed by atoms with van der Waals surface area (Å²) in [5.74, 6) is 1.07. The second-order valence-electron chi connectivity index (χ2n) is 4.49. The number of nitrogens with zero attached hydrogens (tertiary/aromatic N) is 1. The van der Waals surface area contributed by atoms with E-state index in [1.165, 1.54) is 0 Å². The van der Waals surface area contributed by atoms with Crippen molar-refractivity contribution in [3.63, 3.8) is 0 Å². The van der Waals surface area contributed by atoms with Crippen LogP contribution in [0.3, 0.4) is 0 Å². The summed E-state index contributed by atoms with van der Waals surface area (Å²) >= 11 is 5.49. The van der Waals surface area contributed by atoms with E-state index in [1.54, 1.807) is 0 Å². The number of hydrogen-bond donors (Lipinski definition) is 1. The number of halogens is 1. The summed E-state index contributed by atoms with van der Waals surface area (Å²) in [5, 5.41) is 2.91. The molecule has 0 saturated carbocycles. The Bertz CT molecular complexity index is 183. The molecule has 0 spiro atoms. The van der Waals surface area contributed by atoms with Gasteiger partial charge in [0.25, 0.3) is 0 Å². The molecule has 0 aromatic carbocycles. The fourth-order valence-electron chi connectivity index (χ4n) is 1.43. The predicted molar refractivity (Wildman–Crippen MR) is 65.3 cm³/mol. The molecule has 1 amide bonds. The summed E-state index contributed by atoms with van der Waals surface area (Å²) in [6, 6.07) is 0.407. The largest absolute Gasteiger partial charge is 0.354 e. The lowest BCUT2D eigenvalue weighted by Crippen LogP contribution is -2.41. The van der Waals surface area contributed by atoms with Crippen LogP contribution in [0.5, 0.6) is 0 Å². The number of hydrogen-bond acceptors (Lipinski definition) is 2. The van der Waals surface area contributed by atoms with E-state index in [0.717, 1.165) is 6.42 Å². The Hall–Kier alpha value is -0.280. The van der Waals surface area contributed by atoms with Gasteiger partial charge in [0.15, 0.2) is 0 Å². The summed E-state index contributed by atoms with van der Waals surface area (Å²) < 4.78 is 0. The third-order valence-electron chi connectivity index (χ3n) is 2.33. The van der Waals surface area contributed by atoms with Crippen LogP contribution in [0.2, 0.25) is 0 Å². The van der Waals surface area contributed by atoms with Crippen LogP contribution in [0.25, 0.3) is 0 Å². The zero-order chi connectivity index (χ0) is 11.8. The van der Waals surface area contributed by atoms with E-state index in [-0.39, 0.29) is 5.91 Å². The Labute approximate surface area is 98.2 Å². The SMILES string of the molecule is CC(C)CC(CNC(=O)CCCl)N(C)C. The van der Waals surface area contributed by atoms with Gasteiger partial charge in [-0.05, 0) is 26.4 Å². The third kappa shape index (κ3) is 7.63. The van der Waals surface area contributed by atoms with Crippen molar-refractivity contribution in [1.82, 2.24) is 10.2 Å². The van der Waals surface area contributed by atoms with E-state index < -0.39 is 0 Å². The maximum Gasteiger partial charge on any atom is 0.221 e. The lowest BCUT2D eigenvalue weighted by atomic mass is 10.0. The van der Waals surface area contributed by atoms with Crippen molar-refractivity contribution in [2.75, 3.05) is 26.5 Å². The van der Waals surface area contributed by atoms with Gasteiger partial charge in [-0.1, -0.05) is 13.8 Å². The predicted octanol–water partition coefficient (Wildman–Crippen LogP) is 1.71. The van der Waals surface area contributed by atoms with E-state index >= 15 is 0 Å². The Balaban J connectivity index is 3.90. The van der Waals surface area contributed by atoms with Gasteiger partial charge in [-0.3, -0.25) is 4.79 Å². The number of carbonyl (C=O) groups excluding carboxylic acids is 1. The van der Waals surface area contributed by atoms with Crippen LogP contribution in [-0.2, 0) is 4.79 Å². The smallest absolute Gasteiger partial charge is 0.221 e. The summed E-state index contributed by atoms with van der Waals surface area (Å²) in [7, 11) is 4.08. The summed E-state index contributed by atoms with van der Waals surface area (Å²) in [6.45, 7) is 5.09. The maximum atomic E-state index is 11.2. The molecule has 15 heavy (non-hydrogen) atoms. The van der Waals surface area contributed by atoms with Gasteiger partial charge in [0, 0.05) is 24.9 Å². The first-order chi connectivity index (χ1) is 6.97. The minimum Gasteiger partial charge on any atom is -0.354 e. The molecule has 0 aromatic heterocycles. The molecule has 0 aliphatic rings. The van der Waals surface area contributed by atoms with Gasteiger partial charge < -0.3 is 10.2 Å². The van der Waals surface area contributed by atoms with Crippen molar-refractivity contribution in [2.45, 2.75) is 32.7 Å². The third-order valence-corrected chi connectivity index (χ3v) is 2.52. The van der Waals surface area contributed by atoms with Crippen molar-refractivity contribution in [3.05, 3.63) is 0 Å². The summed E-state index contributed by atoms with van der Waals surface area (Å²) in [6.07, 6.45) is 1.50. The molecular formula is C11H23ClN2O. The van der Waals surface area contributed by atoms with Crippen molar-refractivity contribution >= 4 is 17.5 Å². The molecule has 0 bridgehead atoms. The molecule has 0 aromatic rings. The van der Waals surface area contributed by atoms with Crippen LogP contribution >= 0.6 is 11.6 Å². The van der Waals surface area contributed by atoms with Gasteiger partial charge in [-0.25, -0.2) is 0 Å². The molecule has 0 aliphatic heterocycles. The molecule has 3 nitrogen and oxygen atoms in total. The second kappa shape index (κ2) is 7.94. The Morgan fingerprint density at radius 1 is 1.40 bits per heavy atom. The van der Waals surface area contributed by atoms with Crippen LogP contribution < -0.4 is 5.32 Å². The number of alkyl halides is 1. The molecule has 0 heterocycles. The number of nitrogens with one attached hydrogen (secondary N) is 1. The van der Waals surface area contributed by atoms with Crippen molar-refractivity contribution in [2.24, 2.45) is 5.92 Å². The standard InChI is InChI=1S/C11H23ClN2O/c1-9(2)7-10(14(3)4)8-13-11(15)5-6-12/h9-10H,5-8H2,1-4H3,(H,13,15).